The van der Waals surface area contributed by atoms with Gasteiger partial charge in [-0.25, -0.2) is 14.8 Å². The Morgan fingerprint density at radius 1 is 1.04 bits per heavy atom. The number of benzene rings is 1. The maximum absolute atomic E-state index is 12.1. The van der Waals surface area contributed by atoms with Crippen molar-refractivity contribution in [2.24, 2.45) is 0 Å². The minimum absolute atomic E-state index is 0.237. The van der Waals surface area contributed by atoms with Crippen molar-refractivity contribution >= 4 is 23.4 Å². The second-order valence-electron chi connectivity index (χ2n) is 7.20. The third kappa shape index (κ3) is 4.84. The molecule has 0 unspecified atom stereocenters. The molecule has 26 heavy (non-hydrogen) atoms. The van der Waals surface area contributed by atoms with E-state index in [-0.39, 0.29) is 6.09 Å². The molecule has 2 aromatic rings. The maximum Gasteiger partial charge on any atom is 0.410 e. The quantitative estimate of drug-likeness (QED) is 0.911. The molecule has 1 aliphatic rings. The molecule has 0 bridgehead atoms. The second-order valence-corrected chi connectivity index (χ2v) is 7.20. The van der Waals surface area contributed by atoms with Gasteiger partial charge in [0.15, 0.2) is 0 Å². The van der Waals surface area contributed by atoms with Gasteiger partial charge in [-0.15, -0.1) is 0 Å². The van der Waals surface area contributed by atoms with Gasteiger partial charge in [0.25, 0.3) is 0 Å². The summed E-state index contributed by atoms with van der Waals surface area (Å²) in [4.78, 5) is 24.5. The standard InChI is InChI=1S/C19H25N5O2/c1-19(2,3)26-18(25)24-13-11-23(12-14-24)16-7-5-15(6-8-16)22-17-20-9-4-10-21-17/h4-10H,11-14H2,1-3H3,(H,20,21,22). The normalized spacial score (nSPS) is 14.9. The van der Waals surface area contributed by atoms with E-state index in [1.807, 2.05) is 32.9 Å². The monoisotopic (exact) mass is 355 g/mol. The van der Waals surface area contributed by atoms with Crippen LogP contribution >= 0.6 is 0 Å². The van der Waals surface area contributed by atoms with Crippen molar-refractivity contribution in [1.29, 1.82) is 0 Å². The highest BCUT2D eigenvalue weighted by atomic mass is 16.6. The molecule has 138 valence electrons. The first-order valence-electron chi connectivity index (χ1n) is 8.78. The molecule has 2 heterocycles. The molecule has 1 amide bonds. The topological polar surface area (TPSA) is 70.6 Å². The molecule has 1 N–H and O–H groups in total. The van der Waals surface area contributed by atoms with Crippen LogP contribution in [-0.2, 0) is 4.74 Å². The summed E-state index contributed by atoms with van der Waals surface area (Å²) in [6, 6.07) is 9.92. The first-order valence-corrected chi connectivity index (χ1v) is 8.78. The van der Waals surface area contributed by atoms with E-state index in [0.29, 0.717) is 19.0 Å². The molecule has 0 radical (unpaired) electrons. The Morgan fingerprint density at radius 3 is 2.23 bits per heavy atom. The van der Waals surface area contributed by atoms with Gasteiger partial charge in [0, 0.05) is 49.9 Å². The van der Waals surface area contributed by atoms with Crippen LogP contribution in [0.15, 0.2) is 42.7 Å². The summed E-state index contributed by atoms with van der Waals surface area (Å²) in [5.41, 5.74) is 1.61. The van der Waals surface area contributed by atoms with Gasteiger partial charge >= 0.3 is 6.09 Å². The summed E-state index contributed by atoms with van der Waals surface area (Å²) in [5, 5.41) is 3.17. The number of amides is 1. The van der Waals surface area contributed by atoms with Crippen molar-refractivity contribution in [2.75, 3.05) is 36.4 Å². The summed E-state index contributed by atoms with van der Waals surface area (Å²) in [6.45, 7) is 8.55. The van der Waals surface area contributed by atoms with Gasteiger partial charge in [-0.05, 0) is 51.1 Å². The number of piperazine rings is 1. The molecule has 1 aliphatic heterocycles. The van der Waals surface area contributed by atoms with E-state index >= 15 is 0 Å². The highest BCUT2D eigenvalue weighted by molar-refractivity contribution is 5.69. The number of ether oxygens (including phenoxy) is 1. The molecule has 0 saturated carbocycles. The van der Waals surface area contributed by atoms with Gasteiger partial charge in [-0.3, -0.25) is 0 Å². The molecule has 1 aromatic carbocycles. The largest absolute Gasteiger partial charge is 0.444 e. The summed E-state index contributed by atoms with van der Waals surface area (Å²) in [6.07, 6.45) is 3.17. The molecule has 0 spiro atoms. The van der Waals surface area contributed by atoms with Gasteiger partial charge in [0.1, 0.15) is 5.60 Å². The molecular formula is C19H25N5O2. The fraction of sp³-hybridized carbons (Fsp3) is 0.421. The van der Waals surface area contributed by atoms with Crippen LogP contribution in [0.5, 0.6) is 0 Å². The van der Waals surface area contributed by atoms with Crippen molar-refractivity contribution in [2.45, 2.75) is 26.4 Å². The fourth-order valence-electron chi connectivity index (χ4n) is 2.72. The summed E-state index contributed by atoms with van der Waals surface area (Å²) in [7, 11) is 0. The van der Waals surface area contributed by atoms with Gasteiger partial charge < -0.3 is 19.9 Å². The Kier molecular flexibility index (Phi) is 5.25. The Morgan fingerprint density at radius 2 is 1.65 bits per heavy atom. The highest BCUT2D eigenvalue weighted by Gasteiger charge is 2.25. The van der Waals surface area contributed by atoms with Crippen LogP contribution in [0, 0.1) is 0 Å². The zero-order valence-electron chi connectivity index (χ0n) is 15.5. The molecule has 1 saturated heterocycles. The first-order chi connectivity index (χ1) is 12.4. The zero-order chi connectivity index (χ0) is 18.6. The lowest BCUT2D eigenvalue weighted by molar-refractivity contribution is 0.0240. The number of rotatable bonds is 3. The zero-order valence-corrected chi connectivity index (χ0v) is 15.5. The fourth-order valence-corrected chi connectivity index (χ4v) is 2.72. The SMILES string of the molecule is CC(C)(C)OC(=O)N1CCN(c2ccc(Nc3ncccn3)cc2)CC1. The van der Waals surface area contributed by atoms with E-state index in [2.05, 4.69) is 32.3 Å². The van der Waals surface area contributed by atoms with Crippen molar-refractivity contribution in [3.8, 4) is 0 Å². The highest BCUT2D eigenvalue weighted by Crippen LogP contribution is 2.21. The predicted octanol–water partition coefficient (Wildman–Crippen LogP) is 3.28. The Bertz CT molecular complexity index is 720. The minimum Gasteiger partial charge on any atom is -0.444 e. The summed E-state index contributed by atoms with van der Waals surface area (Å²) < 4.78 is 5.44. The number of aromatic nitrogens is 2. The van der Waals surface area contributed by atoms with Crippen LogP contribution in [0.25, 0.3) is 0 Å². The summed E-state index contributed by atoms with van der Waals surface area (Å²) in [5.74, 6) is 0.575. The maximum atomic E-state index is 12.1. The van der Waals surface area contributed by atoms with E-state index in [9.17, 15) is 4.79 Å². The van der Waals surface area contributed by atoms with Crippen LogP contribution < -0.4 is 10.2 Å². The molecule has 7 nitrogen and oxygen atoms in total. The molecular weight excluding hydrogens is 330 g/mol. The number of carbonyl (C=O) groups excluding carboxylic acids is 1. The van der Waals surface area contributed by atoms with E-state index in [4.69, 9.17) is 4.74 Å². The Hall–Kier alpha value is -2.83. The van der Waals surface area contributed by atoms with Crippen LogP contribution in [0.2, 0.25) is 0 Å². The van der Waals surface area contributed by atoms with Crippen LogP contribution in [0.4, 0.5) is 22.1 Å². The van der Waals surface area contributed by atoms with E-state index in [1.54, 1.807) is 23.4 Å². The molecule has 7 heteroatoms. The smallest absolute Gasteiger partial charge is 0.410 e. The van der Waals surface area contributed by atoms with Crippen molar-refractivity contribution in [1.82, 2.24) is 14.9 Å². The molecule has 0 aliphatic carbocycles. The average Bonchev–Trinajstić information content (AvgIpc) is 2.62. The van der Waals surface area contributed by atoms with Crippen molar-refractivity contribution in [3.63, 3.8) is 0 Å². The molecule has 3 rings (SSSR count). The number of anilines is 3. The van der Waals surface area contributed by atoms with E-state index in [1.165, 1.54) is 0 Å². The van der Waals surface area contributed by atoms with Crippen molar-refractivity contribution < 1.29 is 9.53 Å². The van der Waals surface area contributed by atoms with Gasteiger partial charge in [-0.2, -0.15) is 0 Å². The van der Waals surface area contributed by atoms with Crippen LogP contribution in [0.3, 0.4) is 0 Å². The van der Waals surface area contributed by atoms with Gasteiger partial charge in [0.05, 0.1) is 0 Å². The average molecular weight is 355 g/mol. The molecule has 0 atom stereocenters. The van der Waals surface area contributed by atoms with Crippen LogP contribution in [-0.4, -0.2) is 52.7 Å². The lowest BCUT2D eigenvalue weighted by Gasteiger charge is -2.36. The lowest BCUT2D eigenvalue weighted by atomic mass is 10.2. The third-order valence-corrected chi connectivity index (χ3v) is 3.99. The van der Waals surface area contributed by atoms with Crippen LogP contribution in [0.1, 0.15) is 20.8 Å². The second kappa shape index (κ2) is 7.59. The number of hydrogen-bond acceptors (Lipinski definition) is 6. The summed E-state index contributed by atoms with van der Waals surface area (Å²) >= 11 is 0. The van der Waals surface area contributed by atoms with Gasteiger partial charge in [-0.1, -0.05) is 0 Å². The van der Waals surface area contributed by atoms with Gasteiger partial charge in [0.2, 0.25) is 5.95 Å². The predicted molar refractivity (Wildman–Crippen MR) is 102 cm³/mol. The van der Waals surface area contributed by atoms with E-state index in [0.717, 1.165) is 24.5 Å². The first kappa shape index (κ1) is 18.0. The number of nitrogens with zero attached hydrogens (tertiary/aromatic N) is 4. The number of nitrogens with one attached hydrogen (secondary N) is 1. The third-order valence-electron chi connectivity index (χ3n) is 3.99. The minimum atomic E-state index is -0.459. The Balaban J connectivity index is 1.54. The van der Waals surface area contributed by atoms with E-state index < -0.39 is 5.60 Å². The Labute approximate surface area is 154 Å². The lowest BCUT2D eigenvalue weighted by Crippen LogP contribution is -2.50. The number of hydrogen-bond donors (Lipinski definition) is 1. The van der Waals surface area contributed by atoms with Crippen molar-refractivity contribution in [3.05, 3.63) is 42.7 Å². The number of carbonyl (C=O) groups is 1. The molecule has 1 fully saturated rings. The molecule has 1 aromatic heterocycles.